The van der Waals surface area contributed by atoms with E-state index in [1.807, 2.05) is 6.92 Å². The van der Waals surface area contributed by atoms with Crippen LogP contribution in [0.4, 0.5) is 0 Å². The van der Waals surface area contributed by atoms with Gasteiger partial charge in [0.2, 0.25) is 0 Å². The molecule has 2 atom stereocenters. The fourth-order valence-electron chi connectivity index (χ4n) is 1.61. The summed E-state index contributed by atoms with van der Waals surface area (Å²) < 4.78 is 0. The van der Waals surface area contributed by atoms with Gasteiger partial charge in [-0.3, -0.25) is 4.79 Å². The quantitative estimate of drug-likeness (QED) is 0.643. The van der Waals surface area contributed by atoms with Crippen LogP contribution in [0.2, 0.25) is 0 Å². The number of rotatable bonds is 5. The summed E-state index contributed by atoms with van der Waals surface area (Å²) in [5.41, 5.74) is -0.0765. The van der Waals surface area contributed by atoms with Crippen molar-refractivity contribution >= 4 is 11.9 Å². The van der Waals surface area contributed by atoms with Crippen molar-refractivity contribution < 1.29 is 24.9 Å². The molecular formula is C13H17NO5. The van der Waals surface area contributed by atoms with Crippen molar-refractivity contribution in [3.8, 4) is 11.5 Å². The zero-order valence-corrected chi connectivity index (χ0v) is 10.8. The molecule has 0 aliphatic heterocycles. The second-order valence-electron chi connectivity index (χ2n) is 4.38. The van der Waals surface area contributed by atoms with Gasteiger partial charge in [0.1, 0.15) is 17.5 Å². The van der Waals surface area contributed by atoms with Crippen molar-refractivity contribution in [2.24, 2.45) is 5.92 Å². The minimum Gasteiger partial charge on any atom is -0.508 e. The molecule has 0 heterocycles. The monoisotopic (exact) mass is 267 g/mol. The van der Waals surface area contributed by atoms with E-state index in [4.69, 9.17) is 10.2 Å². The number of hydrogen-bond donors (Lipinski definition) is 4. The first-order chi connectivity index (χ1) is 8.86. The Hall–Kier alpha value is -2.24. The lowest BCUT2D eigenvalue weighted by molar-refractivity contribution is -0.140. The molecule has 0 aliphatic rings. The molecule has 1 rings (SSSR count). The van der Waals surface area contributed by atoms with E-state index in [9.17, 15) is 14.7 Å². The number of aromatic hydroxyl groups is 2. The predicted octanol–water partition coefficient (Wildman–Crippen LogP) is 1.33. The van der Waals surface area contributed by atoms with E-state index < -0.39 is 23.7 Å². The molecule has 4 N–H and O–H groups in total. The van der Waals surface area contributed by atoms with Crippen LogP contribution < -0.4 is 5.32 Å². The van der Waals surface area contributed by atoms with Crippen molar-refractivity contribution in [1.29, 1.82) is 0 Å². The molecule has 0 spiro atoms. The summed E-state index contributed by atoms with van der Waals surface area (Å²) in [5, 5.41) is 30.1. The molecule has 104 valence electrons. The Morgan fingerprint density at radius 1 is 1.32 bits per heavy atom. The van der Waals surface area contributed by atoms with Crippen molar-refractivity contribution in [2.45, 2.75) is 26.3 Å². The maximum absolute atomic E-state index is 11.9. The molecule has 1 unspecified atom stereocenters. The molecule has 0 saturated heterocycles. The average Bonchev–Trinajstić information content (AvgIpc) is 2.34. The molecule has 0 fully saturated rings. The molecule has 0 bridgehead atoms. The first kappa shape index (κ1) is 14.8. The van der Waals surface area contributed by atoms with E-state index >= 15 is 0 Å². The molecule has 1 amide bonds. The maximum atomic E-state index is 11.9. The smallest absolute Gasteiger partial charge is 0.326 e. The Kier molecular flexibility index (Phi) is 4.74. The molecule has 1 aromatic carbocycles. The van der Waals surface area contributed by atoms with Gasteiger partial charge in [-0.1, -0.05) is 20.3 Å². The third-order valence-electron chi connectivity index (χ3n) is 2.99. The van der Waals surface area contributed by atoms with Gasteiger partial charge in [-0.25, -0.2) is 4.79 Å². The molecule has 0 radical (unpaired) electrons. The zero-order valence-electron chi connectivity index (χ0n) is 10.8. The second-order valence-corrected chi connectivity index (χ2v) is 4.38. The molecule has 6 nitrogen and oxygen atoms in total. The van der Waals surface area contributed by atoms with Crippen LogP contribution in [-0.4, -0.2) is 33.2 Å². The predicted molar refractivity (Wildman–Crippen MR) is 68.1 cm³/mol. The number of carbonyl (C=O) groups is 2. The second kappa shape index (κ2) is 6.08. The minimum absolute atomic E-state index is 0.0765. The highest BCUT2D eigenvalue weighted by molar-refractivity contribution is 5.99. The van der Waals surface area contributed by atoms with E-state index in [0.29, 0.717) is 6.42 Å². The summed E-state index contributed by atoms with van der Waals surface area (Å²) in [4.78, 5) is 23.0. The van der Waals surface area contributed by atoms with E-state index in [2.05, 4.69) is 5.32 Å². The summed E-state index contributed by atoms with van der Waals surface area (Å²) in [5.74, 6) is -2.62. The van der Waals surface area contributed by atoms with Crippen LogP contribution in [0.3, 0.4) is 0 Å². The standard InChI is InChI=1S/C13H17NO5/c1-3-7(2)11(13(18)19)14-12(17)9-5-4-8(15)6-10(9)16/h4-7,11,15-16H,3H2,1-2H3,(H,14,17)(H,18,19)/t7?,11-/m0/s1. The number of hydrogen-bond acceptors (Lipinski definition) is 4. The zero-order chi connectivity index (χ0) is 14.6. The number of carbonyl (C=O) groups excluding carboxylic acids is 1. The number of carboxylic acid groups (broad SMARTS) is 1. The number of aliphatic carboxylic acids is 1. The third-order valence-corrected chi connectivity index (χ3v) is 2.99. The van der Waals surface area contributed by atoms with E-state index in [1.54, 1.807) is 6.92 Å². The highest BCUT2D eigenvalue weighted by atomic mass is 16.4. The Morgan fingerprint density at radius 2 is 1.95 bits per heavy atom. The van der Waals surface area contributed by atoms with Crippen LogP contribution in [0.1, 0.15) is 30.6 Å². The molecular weight excluding hydrogens is 250 g/mol. The summed E-state index contributed by atoms with van der Waals surface area (Å²) in [6.07, 6.45) is 0.596. The van der Waals surface area contributed by atoms with Crippen LogP contribution in [-0.2, 0) is 4.79 Å². The van der Waals surface area contributed by atoms with Crippen molar-refractivity contribution in [1.82, 2.24) is 5.32 Å². The molecule has 1 aromatic rings. The molecule has 19 heavy (non-hydrogen) atoms. The van der Waals surface area contributed by atoms with Crippen LogP contribution in [0.25, 0.3) is 0 Å². The van der Waals surface area contributed by atoms with Gasteiger partial charge in [0.25, 0.3) is 5.91 Å². The van der Waals surface area contributed by atoms with E-state index in [-0.39, 0.29) is 17.2 Å². The number of nitrogens with one attached hydrogen (secondary N) is 1. The summed E-state index contributed by atoms with van der Waals surface area (Å²) in [6.45, 7) is 3.54. The van der Waals surface area contributed by atoms with Gasteiger partial charge < -0.3 is 20.6 Å². The van der Waals surface area contributed by atoms with E-state index in [1.165, 1.54) is 12.1 Å². The Bertz CT molecular complexity index is 486. The maximum Gasteiger partial charge on any atom is 0.326 e. The molecule has 6 heteroatoms. The number of carboxylic acids is 1. The fraction of sp³-hybridized carbons (Fsp3) is 0.385. The lowest BCUT2D eigenvalue weighted by Gasteiger charge is -2.20. The third kappa shape index (κ3) is 3.61. The lowest BCUT2D eigenvalue weighted by atomic mass is 9.99. The van der Waals surface area contributed by atoms with Gasteiger partial charge >= 0.3 is 5.97 Å². The number of phenols is 2. The highest BCUT2D eigenvalue weighted by Crippen LogP contribution is 2.22. The van der Waals surface area contributed by atoms with Crippen LogP contribution in [0, 0.1) is 5.92 Å². The van der Waals surface area contributed by atoms with Crippen LogP contribution in [0.5, 0.6) is 11.5 Å². The fourth-order valence-corrected chi connectivity index (χ4v) is 1.61. The number of phenolic OH excluding ortho intramolecular Hbond substituents is 2. The molecule has 0 aliphatic carbocycles. The average molecular weight is 267 g/mol. The largest absolute Gasteiger partial charge is 0.508 e. The van der Waals surface area contributed by atoms with Gasteiger partial charge in [0, 0.05) is 6.07 Å². The normalized spacial score (nSPS) is 13.6. The van der Waals surface area contributed by atoms with Crippen LogP contribution >= 0.6 is 0 Å². The Labute approximate surface area is 110 Å². The summed E-state index contributed by atoms with van der Waals surface area (Å²) in [7, 11) is 0. The first-order valence-corrected chi connectivity index (χ1v) is 5.92. The van der Waals surface area contributed by atoms with Gasteiger partial charge in [-0.05, 0) is 18.1 Å². The van der Waals surface area contributed by atoms with Crippen molar-refractivity contribution in [3.05, 3.63) is 23.8 Å². The minimum atomic E-state index is -1.12. The summed E-state index contributed by atoms with van der Waals surface area (Å²) in [6, 6.07) is 2.47. The topological polar surface area (TPSA) is 107 Å². The van der Waals surface area contributed by atoms with Gasteiger partial charge in [-0.15, -0.1) is 0 Å². The van der Waals surface area contributed by atoms with Crippen molar-refractivity contribution in [3.63, 3.8) is 0 Å². The number of amides is 1. The summed E-state index contributed by atoms with van der Waals surface area (Å²) >= 11 is 0. The van der Waals surface area contributed by atoms with E-state index in [0.717, 1.165) is 6.07 Å². The van der Waals surface area contributed by atoms with Gasteiger partial charge in [0.15, 0.2) is 0 Å². The molecule has 0 saturated carbocycles. The highest BCUT2D eigenvalue weighted by Gasteiger charge is 2.26. The van der Waals surface area contributed by atoms with Crippen molar-refractivity contribution in [2.75, 3.05) is 0 Å². The van der Waals surface area contributed by atoms with Gasteiger partial charge in [0.05, 0.1) is 5.56 Å². The Balaban J connectivity index is 2.91. The SMILES string of the molecule is CCC(C)[C@H](NC(=O)c1ccc(O)cc1O)C(=O)O. The number of benzene rings is 1. The Morgan fingerprint density at radius 3 is 2.42 bits per heavy atom. The first-order valence-electron chi connectivity index (χ1n) is 5.92. The van der Waals surface area contributed by atoms with Crippen LogP contribution in [0.15, 0.2) is 18.2 Å². The lowest BCUT2D eigenvalue weighted by Crippen LogP contribution is -2.45. The molecule has 0 aromatic heterocycles. The van der Waals surface area contributed by atoms with Gasteiger partial charge in [-0.2, -0.15) is 0 Å².